The molecular weight excluding hydrogens is 448 g/mol. The summed E-state index contributed by atoms with van der Waals surface area (Å²) in [6.45, 7) is 3.93. The van der Waals surface area contributed by atoms with Crippen LogP contribution in [-0.4, -0.2) is 29.4 Å². The number of nitrogens with zero attached hydrogens (tertiary/aromatic N) is 3. The van der Waals surface area contributed by atoms with Gasteiger partial charge in [-0.1, -0.05) is 43.3 Å². The van der Waals surface area contributed by atoms with Crippen molar-refractivity contribution in [3.05, 3.63) is 70.8 Å². The summed E-state index contributed by atoms with van der Waals surface area (Å²) in [5.41, 5.74) is 2.71. The molecule has 1 heterocycles. The van der Waals surface area contributed by atoms with E-state index in [1.807, 2.05) is 37.3 Å². The maximum absolute atomic E-state index is 12.4. The van der Waals surface area contributed by atoms with Crippen LogP contribution in [0, 0.1) is 18.3 Å². The van der Waals surface area contributed by atoms with Gasteiger partial charge in [0.05, 0.1) is 5.75 Å². The average molecular weight is 469 g/mol. The highest BCUT2D eigenvalue weighted by atomic mass is 32.2. The van der Waals surface area contributed by atoms with Crippen molar-refractivity contribution in [2.75, 3.05) is 11.1 Å². The van der Waals surface area contributed by atoms with Crippen LogP contribution in [0.15, 0.2) is 59.3 Å². The van der Waals surface area contributed by atoms with Gasteiger partial charge in [0.25, 0.3) is 11.1 Å². The Labute approximate surface area is 190 Å². The molecule has 0 atom stereocenters. The predicted molar refractivity (Wildman–Crippen MR) is 122 cm³/mol. The van der Waals surface area contributed by atoms with Crippen molar-refractivity contribution in [2.45, 2.75) is 25.6 Å². The lowest BCUT2D eigenvalue weighted by Gasteiger charge is -2.08. The van der Waals surface area contributed by atoms with E-state index >= 15 is 0 Å². The molecule has 1 aromatic heterocycles. The number of carbonyl (C=O) groups excluding carboxylic acids is 1. The summed E-state index contributed by atoms with van der Waals surface area (Å²) in [5, 5.41) is 11.4. The Bertz CT molecular complexity index is 1290. The van der Waals surface area contributed by atoms with Crippen LogP contribution < -0.4 is 10.1 Å². The van der Waals surface area contributed by atoms with Crippen LogP contribution >= 0.6 is 11.5 Å². The molecule has 0 aliphatic carbocycles. The molecule has 0 radical (unpaired) electrons. The summed E-state index contributed by atoms with van der Waals surface area (Å²) in [4.78, 5) is 16.2. The Morgan fingerprint density at radius 2 is 1.94 bits per heavy atom. The van der Waals surface area contributed by atoms with Gasteiger partial charge in [0.15, 0.2) is 0 Å². The standard InChI is InChI=1S/C22H20N4O4S2/c1-3-32(28,29)22-25-21(31-26-22)24-20(27)18(13-23)12-16-8-10-19(11-9-16)30-14-17-7-5-4-6-15(17)2/h4-12H,3,14H2,1-2H3,(H,24,25,26,27)/b18-12-. The number of sulfone groups is 1. The van der Waals surface area contributed by atoms with Crippen LogP contribution in [0.1, 0.15) is 23.6 Å². The molecule has 8 nitrogen and oxygen atoms in total. The topological polar surface area (TPSA) is 122 Å². The number of hydrogen-bond acceptors (Lipinski definition) is 8. The predicted octanol–water partition coefficient (Wildman–Crippen LogP) is 3.76. The minimum absolute atomic E-state index is 0.00290. The van der Waals surface area contributed by atoms with Crippen molar-refractivity contribution in [2.24, 2.45) is 0 Å². The zero-order chi connectivity index (χ0) is 23.1. The Hall–Kier alpha value is -3.55. The molecule has 32 heavy (non-hydrogen) atoms. The molecule has 0 spiro atoms. The largest absolute Gasteiger partial charge is 0.489 e. The van der Waals surface area contributed by atoms with Crippen molar-refractivity contribution in [1.82, 2.24) is 9.36 Å². The fourth-order valence-corrected chi connectivity index (χ4v) is 4.17. The molecule has 0 bridgehead atoms. The van der Waals surface area contributed by atoms with Gasteiger partial charge in [-0.3, -0.25) is 10.1 Å². The molecule has 0 aliphatic heterocycles. The van der Waals surface area contributed by atoms with Gasteiger partial charge in [-0.05, 0) is 41.8 Å². The molecule has 1 N–H and O–H groups in total. The monoisotopic (exact) mass is 468 g/mol. The number of amides is 1. The lowest BCUT2D eigenvalue weighted by Crippen LogP contribution is -2.13. The van der Waals surface area contributed by atoms with Gasteiger partial charge in [-0.2, -0.15) is 14.6 Å². The molecule has 164 valence electrons. The first kappa shape index (κ1) is 23.1. The SMILES string of the molecule is CCS(=O)(=O)c1nsc(NC(=O)/C(C#N)=C\c2ccc(OCc3ccccc3C)cc2)n1. The third-order valence-electron chi connectivity index (χ3n) is 4.50. The lowest BCUT2D eigenvalue weighted by atomic mass is 10.1. The van der Waals surface area contributed by atoms with Gasteiger partial charge in [-0.15, -0.1) is 0 Å². The van der Waals surface area contributed by atoms with E-state index in [9.17, 15) is 18.5 Å². The summed E-state index contributed by atoms with van der Waals surface area (Å²) >= 11 is 0.735. The van der Waals surface area contributed by atoms with E-state index < -0.39 is 15.7 Å². The molecule has 3 aromatic rings. The number of nitrogens with one attached hydrogen (secondary N) is 1. The van der Waals surface area contributed by atoms with Crippen molar-refractivity contribution in [3.63, 3.8) is 0 Å². The summed E-state index contributed by atoms with van der Waals surface area (Å²) in [6.07, 6.45) is 1.42. The number of rotatable bonds is 8. The average Bonchev–Trinajstić information content (AvgIpc) is 3.27. The van der Waals surface area contributed by atoms with E-state index in [2.05, 4.69) is 14.7 Å². The number of nitriles is 1. The van der Waals surface area contributed by atoms with Crippen LogP contribution in [0.3, 0.4) is 0 Å². The van der Waals surface area contributed by atoms with E-state index in [4.69, 9.17) is 4.74 Å². The summed E-state index contributed by atoms with van der Waals surface area (Å²) in [5.74, 6) is -0.193. The molecule has 0 unspecified atom stereocenters. The third-order valence-corrected chi connectivity index (χ3v) is 6.74. The van der Waals surface area contributed by atoms with Crippen molar-refractivity contribution < 1.29 is 17.9 Å². The fourth-order valence-electron chi connectivity index (χ4n) is 2.59. The van der Waals surface area contributed by atoms with E-state index in [1.54, 1.807) is 24.3 Å². The second-order valence-electron chi connectivity index (χ2n) is 6.69. The van der Waals surface area contributed by atoms with Crippen LogP contribution in [0.5, 0.6) is 5.75 Å². The van der Waals surface area contributed by atoms with Gasteiger partial charge in [0.2, 0.25) is 15.0 Å². The maximum atomic E-state index is 12.4. The summed E-state index contributed by atoms with van der Waals surface area (Å²) in [6, 6.07) is 16.8. The number of hydrogen-bond donors (Lipinski definition) is 1. The van der Waals surface area contributed by atoms with E-state index in [0.29, 0.717) is 17.9 Å². The highest BCUT2D eigenvalue weighted by molar-refractivity contribution is 7.91. The number of ether oxygens (including phenoxy) is 1. The molecule has 0 fully saturated rings. The number of benzene rings is 2. The minimum atomic E-state index is -3.57. The molecular formula is C22H20N4O4S2. The molecule has 3 rings (SSSR count). The number of anilines is 1. The van der Waals surface area contributed by atoms with Crippen LogP contribution in [0.4, 0.5) is 5.13 Å². The minimum Gasteiger partial charge on any atom is -0.489 e. The van der Waals surface area contributed by atoms with Crippen LogP contribution in [0.25, 0.3) is 6.08 Å². The second kappa shape index (κ2) is 10.2. The Morgan fingerprint density at radius 1 is 1.22 bits per heavy atom. The van der Waals surface area contributed by atoms with Gasteiger partial charge in [0, 0.05) is 11.5 Å². The van der Waals surface area contributed by atoms with Crippen molar-refractivity contribution in [1.29, 1.82) is 5.26 Å². The second-order valence-corrected chi connectivity index (χ2v) is 9.62. The van der Waals surface area contributed by atoms with Crippen molar-refractivity contribution in [3.8, 4) is 11.8 Å². The fraction of sp³-hybridized carbons (Fsp3) is 0.182. The first-order chi connectivity index (χ1) is 15.3. The number of aromatic nitrogens is 2. The molecule has 10 heteroatoms. The smallest absolute Gasteiger partial charge is 0.268 e. The summed E-state index contributed by atoms with van der Waals surface area (Å²) < 4.78 is 33.1. The van der Waals surface area contributed by atoms with Gasteiger partial charge < -0.3 is 4.74 Å². The van der Waals surface area contributed by atoms with Gasteiger partial charge in [-0.25, -0.2) is 8.42 Å². The Balaban J connectivity index is 1.66. The molecule has 0 aliphatic rings. The third kappa shape index (κ3) is 5.78. The Morgan fingerprint density at radius 3 is 2.59 bits per heavy atom. The van der Waals surface area contributed by atoms with Crippen molar-refractivity contribution >= 4 is 38.5 Å². The van der Waals surface area contributed by atoms with Gasteiger partial charge in [0.1, 0.15) is 24.0 Å². The van der Waals surface area contributed by atoms with Crippen LogP contribution in [-0.2, 0) is 21.2 Å². The van der Waals surface area contributed by atoms with Gasteiger partial charge >= 0.3 is 0 Å². The first-order valence-electron chi connectivity index (χ1n) is 9.59. The number of carbonyl (C=O) groups is 1. The molecule has 0 saturated heterocycles. The quantitative estimate of drug-likeness (QED) is 0.394. The zero-order valence-electron chi connectivity index (χ0n) is 17.4. The zero-order valence-corrected chi connectivity index (χ0v) is 19.0. The number of aryl methyl sites for hydroxylation is 1. The Kier molecular flexibility index (Phi) is 7.35. The van der Waals surface area contributed by atoms with E-state index in [1.165, 1.54) is 13.0 Å². The lowest BCUT2D eigenvalue weighted by molar-refractivity contribution is -0.112. The maximum Gasteiger partial charge on any atom is 0.268 e. The summed E-state index contributed by atoms with van der Waals surface area (Å²) in [7, 11) is -3.57. The van der Waals surface area contributed by atoms with E-state index in [-0.39, 0.29) is 21.6 Å². The van der Waals surface area contributed by atoms with E-state index in [0.717, 1.165) is 22.7 Å². The highest BCUT2D eigenvalue weighted by Gasteiger charge is 2.20. The molecule has 1 amide bonds. The first-order valence-corrected chi connectivity index (χ1v) is 12.0. The van der Waals surface area contributed by atoms with Crippen LogP contribution in [0.2, 0.25) is 0 Å². The molecule has 0 saturated carbocycles. The molecule has 2 aromatic carbocycles. The normalized spacial score (nSPS) is 11.6. The highest BCUT2D eigenvalue weighted by Crippen LogP contribution is 2.19.